The van der Waals surface area contributed by atoms with Crippen molar-refractivity contribution < 1.29 is 9.13 Å². The highest BCUT2D eigenvalue weighted by atomic mass is 19.1. The smallest absolute Gasteiger partial charge is 0.205 e. The van der Waals surface area contributed by atoms with Crippen molar-refractivity contribution in [2.75, 3.05) is 0 Å². The first-order chi connectivity index (χ1) is 6.70. The molecule has 1 aliphatic rings. The van der Waals surface area contributed by atoms with Crippen LogP contribution < -0.4 is 10.5 Å². The lowest BCUT2D eigenvalue weighted by molar-refractivity contribution is 0.396. The number of ether oxygens (including phenoxy) is 1. The van der Waals surface area contributed by atoms with E-state index in [-0.39, 0.29) is 11.7 Å². The highest BCUT2D eigenvalue weighted by Gasteiger charge is 2.17. The molecule has 1 heterocycles. The number of hydrogen-bond acceptors (Lipinski definition) is 3. The maximum absolute atomic E-state index is 12.8. The van der Waals surface area contributed by atoms with E-state index in [0.717, 1.165) is 5.56 Å². The van der Waals surface area contributed by atoms with Gasteiger partial charge in [0.1, 0.15) is 17.6 Å². The second-order valence-corrected chi connectivity index (χ2v) is 2.99. The molecule has 2 rings (SSSR count). The van der Waals surface area contributed by atoms with Crippen LogP contribution in [-0.4, -0.2) is 0 Å². The van der Waals surface area contributed by atoms with Gasteiger partial charge >= 0.3 is 0 Å². The van der Waals surface area contributed by atoms with Crippen molar-refractivity contribution >= 4 is 0 Å². The van der Waals surface area contributed by atoms with E-state index < -0.39 is 0 Å². The molecule has 1 aromatic carbocycles. The van der Waals surface area contributed by atoms with Crippen LogP contribution in [0.3, 0.4) is 0 Å². The molecule has 0 bridgehead atoms. The Hall–Kier alpha value is -2.02. The predicted octanol–water partition coefficient (Wildman–Crippen LogP) is 1.45. The number of hydrogen-bond donors (Lipinski definition) is 1. The molecule has 0 aromatic heterocycles. The molecule has 0 aliphatic carbocycles. The van der Waals surface area contributed by atoms with Gasteiger partial charge in [0, 0.05) is 18.1 Å². The molecule has 0 radical (unpaired) electrons. The van der Waals surface area contributed by atoms with Crippen molar-refractivity contribution in [1.29, 1.82) is 5.26 Å². The van der Waals surface area contributed by atoms with Crippen LogP contribution in [0.5, 0.6) is 5.75 Å². The first kappa shape index (κ1) is 8.57. The fraction of sp³-hybridized carbons (Fsp3) is 0.100. The van der Waals surface area contributed by atoms with E-state index in [9.17, 15) is 4.39 Å². The molecule has 0 amide bonds. The lowest BCUT2D eigenvalue weighted by atomic mass is 10.0. The van der Waals surface area contributed by atoms with Gasteiger partial charge in [-0.3, -0.25) is 0 Å². The van der Waals surface area contributed by atoms with Crippen molar-refractivity contribution in [3.8, 4) is 11.8 Å². The Kier molecular flexibility index (Phi) is 1.86. The van der Waals surface area contributed by atoms with Crippen LogP contribution in [-0.2, 0) is 6.42 Å². The summed E-state index contributed by atoms with van der Waals surface area (Å²) < 4.78 is 17.9. The van der Waals surface area contributed by atoms with Gasteiger partial charge in [0.25, 0.3) is 0 Å². The quantitative estimate of drug-likeness (QED) is 0.673. The van der Waals surface area contributed by atoms with E-state index in [1.807, 2.05) is 6.07 Å². The first-order valence-corrected chi connectivity index (χ1v) is 4.05. The third-order valence-corrected chi connectivity index (χ3v) is 2.05. The second kappa shape index (κ2) is 3.04. The zero-order valence-corrected chi connectivity index (χ0v) is 7.25. The van der Waals surface area contributed by atoms with E-state index in [2.05, 4.69) is 0 Å². The zero-order valence-electron chi connectivity index (χ0n) is 7.25. The van der Waals surface area contributed by atoms with Crippen molar-refractivity contribution in [3.63, 3.8) is 0 Å². The minimum Gasteiger partial charge on any atom is -0.440 e. The fourth-order valence-corrected chi connectivity index (χ4v) is 1.32. The molecule has 0 fully saturated rings. The molecule has 3 nitrogen and oxygen atoms in total. The van der Waals surface area contributed by atoms with Crippen LogP contribution in [0.25, 0.3) is 0 Å². The van der Waals surface area contributed by atoms with E-state index in [1.54, 1.807) is 6.07 Å². The van der Waals surface area contributed by atoms with Gasteiger partial charge in [-0.15, -0.1) is 0 Å². The summed E-state index contributed by atoms with van der Waals surface area (Å²) >= 11 is 0. The first-order valence-electron chi connectivity index (χ1n) is 4.05. The number of halogens is 1. The Balaban J connectivity index is 2.45. The molecule has 70 valence electrons. The molecule has 4 heteroatoms. The van der Waals surface area contributed by atoms with E-state index in [4.69, 9.17) is 15.7 Å². The molecule has 1 aliphatic heterocycles. The van der Waals surface area contributed by atoms with Gasteiger partial charge in [0.2, 0.25) is 5.88 Å². The van der Waals surface area contributed by atoms with Gasteiger partial charge in [0.15, 0.2) is 0 Å². The number of nitrogens with two attached hydrogens (primary N) is 1. The molecule has 2 N–H and O–H groups in total. The number of nitrogens with zero attached hydrogens (tertiary/aromatic N) is 1. The minimum atomic E-state index is -0.378. The molecule has 0 spiro atoms. The lowest BCUT2D eigenvalue weighted by Gasteiger charge is -2.17. The average molecular weight is 190 g/mol. The topological polar surface area (TPSA) is 59.0 Å². The van der Waals surface area contributed by atoms with Gasteiger partial charge in [-0.2, -0.15) is 5.26 Å². The average Bonchev–Trinajstić information content (AvgIpc) is 2.16. The molecular formula is C10H7FN2O. The summed E-state index contributed by atoms with van der Waals surface area (Å²) in [5, 5.41) is 8.70. The third-order valence-electron chi connectivity index (χ3n) is 2.05. The summed E-state index contributed by atoms with van der Waals surface area (Å²) in [6, 6.07) is 6.13. The van der Waals surface area contributed by atoms with Crippen LogP contribution in [0.15, 0.2) is 29.7 Å². The molecule has 0 atom stereocenters. The number of fused-ring (bicyclic) bond motifs is 1. The Bertz CT molecular complexity index is 460. The van der Waals surface area contributed by atoms with E-state index in [0.29, 0.717) is 17.7 Å². The maximum Gasteiger partial charge on any atom is 0.205 e. The molecule has 14 heavy (non-hydrogen) atoms. The van der Waals surface area contributed by atoms with Crippen molar-refractivity contribution in [2.45, 2.75) is 6.42 Å². The van der Waals surface area contributed by atoms with E-state index in [1.165, 1.54) is 12.1 Å². The highest BCUT2D eigenvalue weighted by Crippen LogP contribution is 2.28. The molecule has 1 aromatic rings. The molecule has 0 saturated heterocycles. The standard InChI is InChI=1S/C10H7FN2O/c11-8-2-1-6-3-7(5-12)10(13)14-9(6)4-8/h1-2,4H,3,13H2. The summed E-state index contributed by atoms with van der Waals surface area (Å²) in [4.78, 5) is 0. The molecular weight excluding hydrogens is 183 g/mol. The monoisotopic (exact) mass is 190 g/mol. The van der Waals surface area contributed by atoms with Crippen molar-refractivity contribution in [3.05, 3.63) is 41.0 Å². The Morgan fingerprint density at radius 3 is 3.00 bits per heavy atom. The summed E-state index contributed by atoms with van der Waals surface area (Å²) in [6.45, 7) is 0. The zero-order chi connectivity index (χ0) is 10.1. The maximum atomic E-state index is 12.8. The summed E-state index contributed by atoms with van der Waals surface area (Å²) in [5.74, 6) is 0.0732. The molecule has 0 saturated carbocycles. The molecule has 0 unspecified atom stereocenters. The Morgan fingerprint density at radius 2 is 2.29 bits per heavy atom. The largest absolute Gasteiger partial charge is 0.440 e. The number of rotatable bonds is 0. The summed E-state index contributed by atoms with van der Waals surface area (Å²) in [5.41, 5.74) is 6.62. The summed E-state index contributed by atoms with van der Waals surface area (Å²) in [6.07, 6.45) is 0.401. The predicted molar refractivity (Wildman–Crippen MR) is 47.6 cm³/mol. The van der Waals surface area contributed by atoms with Crippen LogP contribution in [0.2, 0.25) is 0 Å². The van der Waals surface area contributed by atoms with Gasteiger partial charge in [-0.1, -0.05) is 6.07 Å². The van der Waals surface area contributed by atoms with Crippen LogP contribution in [0, 0.1) is 17.1 Å². The van der Waals surface area contributed by atoms with E-state index >= 15 is 0 Å². The normalized spacial score (nSPS) is 14.3. The number of nitriles is 1. The van der Waals surface area contributed by atoms with Crippen molar-refractivity contribution in [2.24, 2.45) is 5.73 Å². The van der Waals surface area contributed by atoms with Crippen LogP contribution >= 0.6 is 0 Å². The highest BCUT2D eigenvalue weighted by molar-refractivity contribution is 5.45. The van der Waals surface area contributed by atoms with Crippen LogP contribution in [0.1, 0.15) is 5.56 Å². The van der Waals surface area contributed by atoms with Crippen LogP contribution in [0.4, 0.5) is 4.39 Å². The van der Waals surface area contributed by atoms with Gasteiger partial charge in [0.05, 0.1) is 5.57 Å². The van der Waals surface area contributed by atoms with Gasteiger partial charge < -0.3 is 10.5 Å². The Labute approximate surface area is 80.2 Å². The minimum absolute atomic E-state index is 0.0607. The Morgan fingerprint density at radius 1 is 1.50 bits per heavy atom. The third kappa shape index (κ3) is 1.29. The lowest BCUT2D eigenvalue weighted by Crippen LogP contribution is -2.16. The summed E-state index contributed by atoms with van der Waals surface area (Å²) in [7, 11) is 0. The van der Waals surface area contributed by atoms with Gasteiger partial charge in [-0.05, 0) is 6.07 Å². The SMILES string of the molecule is N#CC1=C(N)Oc2cc(F)ccc2C1. The van der Waals surface area contributed by atoms with Gasteiger partial charge in [-0.25, -0.2) is 4.39 Å². The fourth-order valence-electron chi connectivity index (χ4n) is 1.32. The second-order valence-electron chi connectivity index (χ2n) is 2.99. The number of benzene rings is 1. The van der Waals surface area contributed by atoms with Crippen molar-refractivity contribution in [1.82, 2.24) is 0 Å². The number of allylic oxidation sites excluding steroid dienone is 1.